The van der Waals surface area contributed by atoms with Gasteiger partial charge in [-0.1, -0.05) is 38.3 Å². The summed E-state index contributed by atoms with van der Waals surface area (Å²) in [5, 5.41) is 19.9. The van der Waals surface area contributed by atoms with Gasteiger partial charge in [-0.2, -0.15) is 0 Å². The number of ether oxygens (including phenoxy) is 1. The van der Waals surface area contributed by atoms with Crippen LogP contribution in [-0.2, 0) is 16.0 Å². The molecule has 1 aromatic heterocycles. The number of rotatable bonds is 12. The molecule has 0 fully saturated rings. The summed E-state index contributed by atoms with van der Waals surface area (Å²) in [6, 6.07) is 1.86. The number of aliphatic hydroxyl groups is 2. The van der Waals surface area contributed by atoms with Crippen LogP contribution >= 0.6 is 0 Å². The number of hydrogen-bond acceptors (Lipinski definition) is 5. The molecule has 0 amide bonds. The van der Waals surface area contributed by atoms with E-state index in [4.69, 9.17) is 4.42 Å². The normalized spacial score (nSPS) is 14.0. The molecule has 2 N–H and O–H groups in total. The van der Waals surface area contributed by atoms with E-state index in [1.807, 2.05) is 6.07 Å². The number of aliphatic hydroxyl groups excluding tert-OH is 2. The first kappa shape index (κ1) is 20.5. The molecule has 24 heavy (non-hydrogen) atoms. The minimum atomic E-state index is -0.967. The van der Waals surface area contributed by atoms with Gasteiger partial charge in [0.15, 0.2) is 0 Å². The summed E-state index contributed by atoms with van der Waals surface area (Å²) >= 11 is 0. The second kappa shape index (κ2) is 11.9. The van der Waals surface area contributed by atoms with Crippen LogP contribution < -0.4 is 0 Å². The summed E-state index contributed by atoms with van der Waals surface area (Å²) in [5.74, 6) is 0.605. The maximum absolute atomic E-state index is 11.0. The van der Waals surface area contributed by atoms with E-state index in [0.29, 0.717) is 12.8 Å². The molecule has 0 aromatic carbocycles. The lowest BCUT2D eigenvalue weighted by Crippen LogP contribution is -2.23. The van der Waals surface area contributed by atoms with Gasteiger partial charge in [0.2, 0.25) is 0 Å². The number of aryl methyl sites for hydroxylation is 1. The molecule has 0 aliphatic carbocycles. The van der Waals surface area contributed by atoms with Gasteiger partial charge in [-0.25, -0.2) is 0 Å². The molecule has 2 unspecified atom stereocenters. The van der Waals surface area contributed by atoms with Crippen molar-refractivity contribution >= 4 is 12.0 Å². The third-order valence-corrected chi connectivity index (χ3v) is 4.01. The number of methoxy groups -OCH3 is 1. The Kier molecular flexibility index (Phi) is 10.1. The van der Waals surface area contributed by atoms with E-state index in [-0.39, 0.29) is 12.4 Å². The fourth-order valence-electron chi connectivity index (χ4n) is 2.47. The number of furan rings is 1. The Bertz CT molecular complexity index is 492. The van der Waals surface area contributed by atoms with Gasteiger partial charge in [-0.3, -0.25) is 4.79 Å². The lowest BCUT2D eigenvalue weighted by Gasteiger charge is -2.13. The molecule has 0 radical (unpaired) electrons. The first-order valence-electron chi connectivity index (χ1n) is 8.76. The molecule has 0 aliphatic heterocycles. The van der Waals surface area contributed by atoms with Crippen molar-refractivity contribution in [1.29, 1.82) is 0 Å². The van der Waals surface area contributed by atoms with Crippen molar-refractivity contribution in [3.05, 3.63) is 29.7 Å². The van der Waals surface area contributed by atoms with Crippen LogP contribution in [0.5, 0.6) is 0 Å². The predicted octanol–water partition coefficient (Wildman–Crippen LogP) is 3.48. The molecule has 0 aliphatic rings. The Morgan fingerprint density at radius 1 is 1.29 bits per heavy atom. The number of unbranched alkanes of at least 4 members (excludes halogenated alkanes) is 3. The van der Waals surface area contributed by atoms with Gasteiger partial charge in [-0.15, -0.1) is 0 Å². The van der Waals surface area contributed by atoms with E-state index in [0.717, 1.165) is 24.2 Å². The highest BCUT2D eigenvalue weighted by atomic mass is 16.5. The van der Waals surface area contributed by atoms with Crippen LogP contribution in [0, 0.1) is 0 Å². The smallest absolute Gasteiger partial charge is 0.305 e. The maximum atomic E-state index is 11.0. The van der Waals surface area contributed by atoms with E-state index in [1.165, 1.54) is 26.4 Å². The zero-order valence-corrected chi connectivity index (χ0v) is 14.7. The van der Waals surface area contributed by atoms with Crippen LogP contribution in [0.3, 0.4) is 0 Å². The minimum Gasteiger partial charge on any atom is -0.469 e. The molecule has 0 saturated heterocycles. The zero-order valence-electron chi connectivity index (χ0n) is 14.7. The number of carbonyl (C=O) groups excluding carboxylic acids is 1. The van der Waals surface area contributed by atoms with Crippen LogP contribution in [0.1, 0.15) is 63.2 Å². The summed E-state index contributed by atoms with van der Waals surface area (Å²) < 4.78 is 10.0. The maximum Gasteiger partial charge on any atom is 0.305 e. The highest BCUT2D eigenvalue weighted by Gasteiger charge is 2.14. The lowest BCUT2D eigenvalue weighted by atomic mass is 10.0. The Morgan fingerprint density at radius 2 is 2.08 bits per heavy atom. The fraction of sp³-hybridized carbons (Fsp3) is 0.632. The molecule has 1 rings (SSSR count). The molecule has 0 bridgehead atoms. The van der Waals surface area contributed by atoms with Gasteiger partial charge in [0, 0.05) is 18.4 Å². The first-order valence-corrected chi connectivity index (χ1v) is 8.76. The Labute approximate surface area is 144 Å². The molecule has 136 valence electrons. The predicted molar refractivity (Wildman–Crippen MR) is 93.5 cm³/mol. The largest absolute Gasteiger partial charge is 0.469 e. The van der Waals surface area contributed by atoms with Crippen LogP contribution in [-0.4, -0.2) is 35.5 Å². The zero-order chi connectivity index (χ0) is 17.8. The SMILES string of the molecule is CCCCCCc1occc1/C=C/C(O)C(O)CCCC(=O)OC. The average molecular weight is 338 g/mol. The second-order valence-electron chi connectivity index (χ2n) is 6.00. The van der Waals surface area contributed by atoms with E-state index in [9.17, 15) is 15.0 Å². The average Bonchev–Trinajstić information content (AvgIpc) is 3.03. The van der Waals surface area contributed by atoms with Crippen LogP contribution in [0.15, 0.2) is 22.8 Å². The molecule has 0 saturated carbocycles. The molecule has 0 spiro atoms. The summed E-state index contributed by atoms with van der Waals surface area (Å²) in [4.78, 5) is 11.0. The van der Waals surface area contributed by atoms with Gasteiger partial charge >= 0.3 is 5.97 Å². The van der Waals surface area contributed by atoms with Gasteiger partial charge in [0.1, 0.15) is 5.76 Å². The fourth-order valence-corrected chi connectivity index (χ4v) is 2.47. The van der Waals surface area contributed by atoms with E-state index in [1.54, 1.807) is 18.4 Å². The van der Waals surface area contributed by atoms with Crippen LogP contribution in [0.4, 0.5) is 0 Å². The summed E-state index contributed by atoms with van der Waals surface area (Å²) in [6.45, 7) is 2.18. The third kappa shape index (κ3) is 7.79. The van der Waals surface area contributed by atoms with Crippen molar-refractivity contribution in [3.63, 3.8) is 0 Å². The molecular formula is C19H30O5. The number of hydrogen-bond donors (Lipinski definition) is 2. The molecule has 1 heterocycles. The van der Waals surface area contributed by atoms with Crippen molar-refractivity contribution in [2.75, 3.05) is 7.11 Å². The van der Waals surface area contributed by atoms with E-state index in [2.05, 4.69) is 11.7 Å². The first-order chi connectivity index (χ1) is 11.6. The summed E-state index contributed by atoms with van der Waals surface area (Å²) in [6.07, 6.45) is 9.78. The van der Waals surface area contributed by atoms with Crippen molar-refractivity contribution in [1.82, 2.24) is 0 Å². The number of carbonyl (C=O) groups is 1. The van der Waals surface area contributed by atoms with Crippen molar-refractivity contribution in [2.24, 2.45) is 0 Å². The van der Waals surface area contributed by atoms with Gasteiger partial charge in [0.05, 0.1) is 25.6 Å². The Morgan fingerprint density at radius 3 is 2.79 bits per heavy atom. The minimum absolute atomic E-state index is 0.244. The quantitative estimate of drug-likeness (QED) is 0.450. The summed E-state index contributed by atoms with van der Waals surface area (Å²) in [7, 11) is 1.33. The monoisotopic (exact) mass is 338 g/mol. The summed E-state index contributed by atoms with van der Waals surface area (Å²) in [5.41, 5.74) is 0.937. The highest BCUT2D eigenvalue weighted by molar-refractivity contribution is 5.69. The van der Waals surface area contributed by atoms with Gasteiger partial charge < -0.3 is 19.4 Å². The van der Waals surface area contributed by atoms with E-state index < -0.39 is 12.2 Å². The molecule has 5 nitrogen and oxygen atoms in total. The highest BCUT2D eigenvalue weighted by Crippen LogP contribution is 2.17. The van der Waals surface area contributed by atoms with Gasteiger partial charge in [0.25, 0.3) is 0 Å². The van der Waals surface area contributed by atoms with Crippen molar-refractivity contribution < 1.29 is 24.2 Å². The van der Waals surface area contributed by atoms with Gasteiger partial charge in [-0.05, 0) is 25.3 Å². The Hall–Kier alpha value is -1.59. The number of esters is 1. The topological polar surface area (TPSA) is 79.9 Å². The Balaban J connectivity index is 2.41. The van der Waals surface area contributed by atoms with Crippen molar-refractivity contribution in [2.45, 2.75) is 70.5 Å². The molecule has 1 aromatic rings. The van der Waals surface area contributed by atoms with Crippen LogP contribution in [0.25, 0.3) is 6.08 Å². The lowest BCUT2D eigenvalue weighted by molar-refractivity contribution is -0.140. The second-order valence-corrected chi connectivity index (χ2v) is 6.00. The van der Waals surface area contributed by atoms with E-state index >= 15 is 0 Å². The standard InChI is InChI=1S/C19H30O5/c1-3-4-5-6-9-18-15(13-14-24-18)11-12-17(21)16(20)8-7-10-19(22)23-2/h11-14,16-17,20-21H,3-10H2,1-2H3/b12-11+. The molecule has 5 heteroatoms. The molecule has 2 atom stereocenters. The molecular weight excluding hydrogens is 308 g/mol. The third-order valence-electron chi connectivity index (χ3n) is 4.01. The van der Waals surface area contributed by atoms with Crippen LogP contribution in [0.2, 0.25) is 0 Å². The van der Waals surface area contributed by atoms with Crippen molar-refractivity contribution in [3.8, 4) is 0 Å².